The van der Waals surface area contributed by atoms with Crippen LogP contribution in [0.5, 0.6) is 0 Å². The molecule has 0 aliphatic rings. The summed E-state index contributed by atoms with van der Waals surface area (Å²) in [6.45, 7) is 5.32. The molecule has 0 heterocycles. The number of carbonyl (C=O) groups excluding carboxylic acids is 1. The van der Waals surface area contributed by atoms with Gasteiger partial charge in [-0.3, -0.25) is 0 Å². The number of carbonyl (C=O) groups is 1. The van der Waals surface area contributed by atoms with E-state index in [0.717, 1.165) is 0 Å². The molecule has 0 aromatic carbocycles. The molecular formula is C8H10N2O2. The van der Waals surface area contributed by atoms with Crippen molar-refractivity contribution < 1.29 is 14.3 Å². The summed E-state index contributed by atoms with van der Waals surface area (Å²) in [7, 11) is 0. The number of ether oxygens (including phenoxy) is 1. The van der Waals surface area contributed by atoms with Crippen molar-refractivity contribution in [3.63, 3.8) is 0 Å². The van der Waals surface area contributed by atoms with Crippen LogP contribution in [0.4, 0.5) is 0 Å². The Labute approximate surface area is 70.8 Å². The van der Waals surface area contributed by atoms with E-state index in [4.69, 9.17) is 5.53 Å². The quantitative estimate of drug-likeness (QED) is 0.205. The van der Waals surface area contributed by atoms with Gasteiger partial charge < -0.3 is 10.3 Å². The van der Waals surface area contributed by atoms with Gasteiger partial charge in [0.15, 0.2) is 0 Å². The predicted molar refractivity (Wildman–Crippen MR) is 44.6 cm³/mol. The van der Waals surface area contributed by atoms with Gasteiger partial charge in [0, 0.05) is 6.08 Å². The van der Waals surface area contributed by atoms with Gasteiger partial charge in [-0.2, -0.15) is 4.79 Å². The second kappa shape index (κ2) is 6.07. The van der Waals surface area contributed by atoms with Gasteiger partial charge in [-0.25, -0.2) is 4.79 Å². The summed E-state index contributed by atoms with van der Waals surface area (Å²) < 4.78 is 4.58. The van der Waals surface area contributed by atoms with Crippen molar-refractivity contribution in [1.82, 2.24) is 0 Å². The monoisotopic (exact) mass is 166 g/mol. The van der Waals surface area contributed by atoms with Crippen LogP contribution in [0.15, 0.2) is 24.8 Å². The van der Waals surface area contributed by atoms with E-state index < -0.39 is 5.97 Å². The summed E-state index contributed by atoms with van der Waals surface area (Å²) in [6.07, 6.45) is 4.25. The lowest BCUT2D eigenvalue weighted by atomic mass is 10.3. The number of hydrogen-bond donors (Lipinski definition) is 0. The fourth-order valence-electron chi connectivity index (χ4n) is 0.506. The second-order valence-corrected chi connectivity index (χ2v) is 1.80. The predicted octanol–water partition coefficient (Wildman–Crippen LogP) is 0.962. The first-order valence-electron chi connectivity index (χ1n) is 3.44. The Hall–Kier alpha value is -1.67. The Morgan fingerprint density at radius 3 is 2.83 bits per heavy atom. The van der Waals surface area contributed by atoms with Gasteiger partial charge in [-0.15, -0.1) is 0 Å². The van der Waals surface area contributed by atoms with Crippen molar-refractivity contribution in [2.75, 3.05) is 6.61 Å². The first-order valence-corrected chi connectivity index (χ1v) is 3.44. The van der Waals surface area contributed by atoms with Crippen LogP contribution in [-0.4, -0.2) is 23.1 Å². The molecule has 0 aliphatic heterocycles. The molecule has 0 unspecified atom stereocenters. The number of hydrogen-bond acceptors (Lipinski definition) is 2. The molecule has 0 saturated carbocycles. The van der Waals surface area contributed by atoms with Gasteiger partial charge in [0.25, 0.3) is 0 Å². The minimum Gasteiger partial charge on any atom is -0.457 e. The van der Waals surface area contributed by atoms with Gasteiger partial charge in [-0.1, -0.05) is 18.7 Å². The summed E-state index contributed by atoms with van der Waals surface area (Å²) in [5.41, 5.74) is 8.21. The summed E-state index contributed by atoms with van der Waals surface area (Å²) >= 11 is 0. The SMILES string of the molecule is C=C/C=C/C(=[N+]=[N-])C(=O)OCC. The van der Waals surface area contributed by atoms with Crippen LogP contribution in [0.3, 0.4) is 0 Å². The Balaban J connectivity index is 4.37. The lowest BCUT2D eigenvalue weighted by Crippen LogP contribution is -2.15. The fraction of sp³-hybridized carbons (Fsp3) is 0.250. The minimum atomic E-state index is -0.655. The molecule has 4 heteroatoms. The van der Waals surface area contributed by atoms with Crippen LogP contribution >= 0.6 is 0 Å². The standard InChI is InChI=1S/C8H10N2O2/c1-3-5-6-7(10-9)8(11)12-4-2/h3,5-6H,1,4H2,2H3/b6-5+. The third-order valence-corrected chi connectivity index (χ3v) is 0.982. The van der Waals surface area contributed by atoms with Crippen LogP contribution < -0.4 is 0 Å². The maximum Gasteiger partial charge on any atom is 0.421 e. The van der Waals surface area contributed by atoms with E-state index >= 15 is 0 Å². The zero-order chi connectivity index (χ0) is 9.40. The van der Waals surface area contributed by atoms with Crippen molar-refractivity contribution in [3.8, 4) is 0 Å². The van der Waals surface area contributed by atoms with Gasteiger partial charge in [0.05, 0.1) is 6.61 Å². The Bertz CT molecular complexity index is 250. The van der Waals surface area contributed by atoms with E-state index in [9.17, 15) is 4.79 Å². The zero-order valence-corrected chi connectivity index (χ0v) is 6.86. The van der Waals surface area contributed by atoms with E-state index in [1.165, 1.54) is 18.2 Å². The molecule has 0 saturated heterocycles. The number of nitrogens with zero attached hydrogens (tertiary/aromatic N) is 2. The molecule has 0 amide bonds. The highest BCUT2D eigenvalue weighted by molar-refractivity contribution is 6.38. The third-order valence-electron chi connectivity index (χ3n) is 0.982. The van der Waals surface area contributed by atoms with E-state index in [1.807, 2.05) is 0 Å². The fourth-order valence-corrected chi connectivity index (χ4v) is 0.506. The Morgan fingerprint density at radius 1 is 1.75 bits per heavy atom. The van der Waals surface area contributed by atoms with Gasteiger partial charge in [0.2, 0.25) is 0 Å². The lowest BCUT2D eigenvalue weighted by molar-refractivity contribution is -0.139. The van der Waals surface area contributed by atoms with E-state index in [1.54, 1.807) is 6.92 Å². The molecule has 0 radical (unpaired) electrons. The molecular weight excluding hydrogens is 156 g/mol. The van der Waals surface area contributed by atoms with E-state index in [0.29, 0.717) is 0 Å². The highest BCUT2D eigenvalue weighted by atomic mass is 16.5. The average molecular weight is 166 g/mol. The smallest absolute Gasteiger partial charge is 0.421 e. The van der Waals surface area contributed by atoms with Crippen LogP contribution in [0.2, 0.25) is 0 Å². The van der Waals surface area contributed by atoms with E-state index in [2.05, 4.69) is 16.1 Å². The van der Waals surface area contributed by atoms with Crippen LogP contribution in [0.25, 0.3) is 5.53 Å². The maximum absolute atomic E-state index is 10.9. The molecule has 0 atom stereocenters. The second-order valence-electron chi connectivity index (χ2n) is 1.80. The lowest BCUT2D eigenvalue weighted by Gasteiger charge is -1.91. The highest BCUT2D eigenvalue weighted by Crippen LogP contribution is 1.84. The first-order chi connectivity index (χ1) is 5.76. The number of allylic oxidation sites excluding steroid dienone is 2. The first kappa shape index (κ1) is 10.3. The van der Waals surface area contributed by atoms with E-state index in [-0.39, 0.29) is 12.3 Å². The summed E-state index contributed by atoms with van der Waals surface area (Å²) in [6, 6.07) is 0. The Morgan fingerprint density at radius 2 is 2.42 bits per heavy atom. The third kappa shape index (κ3) is 3.49. The largest absolute Gasteiger partial charge is 0.457 e. The molecule has 0 fully saturated rings. The van der Waals surface area contributed by atoms with Crippen molar-refractivity contribution in [1.29, 1.82) is 0 Å². The molecule has 0 N–H and O–H groups in total. The van der Waals surface area contributed by atoms with Gasteiger partial charge in [0.1, 0.15) is 0 Å². The molecule has 0 bridgehead atoms. The zero-order valence-electron chi connectivity index (χ0n) is 6.86. The summed E-state index contributed by atoms with van der Waals surface area (Å²) in [5.74, 6) is -0.655. The number of esters is 1. The van der Waals surface area contributed by atoms with Crippen molar-refractivity contribution in [3.05, 3.63) is 30.3 Å². The van der Waals surface area contributed by atoms with Crippen LogP contribution in [-0.2, 0) is 9.53 Å². The average Bonchev–Trinajstić information content (AvgIpc) is 2.06. The topological polar surface area (TPSA) is 62.7 Å². The summed E-state index contributed by atoms with van der Waals surface area (Å²) in [4.78, 5) is 13.6. The molecule has 0 aliphatic carbocycles. The molecule has 0 spiro atoms. The van der Waals surface area contributed by atoms with Crippen molar-refractivity contribution >= 4 is 11.7 Å². The van der Waals surface area contributed by atoms with Crippen LogP contribution in [0.1, 0.15) is 6.92 Å². The Kier molecular flexibility index (Phi) is 5.22. The highest BCUT2D eigenvalue weighted by Gasteiger charge is 2.16. The van der Waals surface area contributed by atoms with Crippen molar-refractivity contribution in [2.45, 2.75) is 6.92 Å². The molecule has 0 rings (SSSR count). The normalized spacial score (nSPS) is 9.08. The van der Waals surface area contributed by atoms with Crippen molar-refractivity contribution in [2.24, 2.45) is 0 Å². The summed E-state index contributed by atoms with van der Waals surface area (Å²) in [5, 5.41) is 0. The minimum absolute atomic E-state index is 0.142. The molecule has 4 nitrogen and oxygen atoms in total. The maximum atomic E-state index is 10.9. The molecule has 0 aromatic rings. The molecule has 64 valence electrons. The molecule has 0 aromatic heterocycles. The molecule has 12 heavy (non-hydrogen) atoms. The van der Waals surface area contributed by atoms with Gasteiger partial charge in [-0.05, 0) is 6.92 Å². The number of rotatable bonds is 4. The van der Waals surface area contributed by atoms with Gasteiger partial charge >= 0.3 is 11.7 Å². The van der Waals surface area contributed by atoms with Crippen LogP contribution in [0, 0.1) is 0 Å².